The molecule has 4 aliphatic rings. The van der Waals surface area contributed by atoms with Crippen LogP contribution in [0.1, 0.15) is 71.9 Å². The lowest BCUT2D eigenvalue weighted by Gasteiger charge is -2.33. The molecule has 5 heterocycles. The first-order valence-corrected chi connectivity index (χ1v) is 16.0. The van der Waals surface area contributed by atoms with Gasteiger partial charge in [-0.15, -0.1) is 0 Å². The quantitative estimate of drug-likeness (QED) is 0.190. The third-order valence-corrected chi connectivity index (χ3v) is 9.63. The molecule has 10 heteroatoms. The fourth-order valence-electron chi connectivity index (χ4n) is 6.64. The maximum atomic E-state index is 13.4. The maximum absolute atomic E-state index is 13.4. The first-order chi connectivity index (χ1) is 21.4. The van der Waals surface area contributed by atoms with Gasteiger partial charge in [-0.05, 0) is 56.8 Å². The summed E-state index contributed by atoms with van der Waals surface area (Å²) in [6.07, 6.45) is 11.7. The summed E-state index contributed by atoms with van der Waals surface area (Å²) in [7, 11) is 1.63. The van der Waals surface area contributed by atoms with Crippen molar-refractivity contribution in [3.63, 3.8) is 0 Å². The molecule has 5 rings (SSSR count). The van der Waals surface area contributed by atoms with E-state index in [0.717, 1.165) is 16.8 Å². The number of nitrogens with zero attached hydrogens (tertiary/aromatic N) is 1. The standard InChI is InChI=1S/C35H47NO9/c1-19(13-25-18-41-23(5)36-25)9-8-10-21(3)32(40-7)22(4)27-17-29(37)35(6)30(45-35)12-11-20(2)26-14-24(16-31(38)42-26)15-28-33(43-28)34(39)44-27/h8-13,18,20,22,24,26-30,32-33,37H,14-17H2,1-7H3/b9-8+,12-11+,19-13-,21-10+. The molecular formula is C35H47NO9. The van der Waals surface area contributed by atoms with Crippen molar-refractivity contribution in [3.05, 3.63) is 59.4 Å². The number of aliphatic hydroxyl groups is 1. The van der Waals surface area contributed by atoms with Gasteiger partial charge in [0.2, 0.25) is 0 Å². The van der Waals surface area contributed by atoms with Gasteiger partial charge in [-0.2, -0.15) is 0 Å². The van der Waals surface area contributed by atoms with E-state index >= 15 is 0 Å². The van der Waals surface area contributed by atoms with Crippen molar-refractivity contribution in [2.75, 3.05) is 7.11 Å². The summed E-state index contributed by atoms with van der Waals surface area (Å²) in [6.45, 7) is 11.6. The smallest absolute Gasteiger partial charge is 0.338 e. The van der Waals surface area contributed by atoms with Crippen LogP contribution in [-0.2, 0) is 33.3 Å². The van der Waals surface area contributed by atoms with Gasteiger partial charge in [0, 0.05) is 38.7 Å². The zero-order valence-corrected chi connectivity index (χ0v) is 27.3. The van der Waals surface area contributed by atoms with Crippen LogP contribution >= 0.6 is 0 Å². The number of oxazole rings is 1. The highest BCUT2D eigenvalue weighted by molar-refractivity contribution is 5.78. The normalized spacial score (nSPS) is 38.0. The molecule has 3 fully saturated rings. The molecule has 0 amide bonds. The van der Waals surface area contributed by atoms with Crippen LogP contribution in [0.5, 0.6) is 0 Å². The van der Waals surface area contributed by atoms with Crippen molar-refractivity contribution >= 4 is 18.0 Å². The molecule has 1 aromatic heterocycles. The van der Waals surface area contributed by atoms with Gasteiger partial charge in [-0.3, -0.25) is 4.79 Å². The van der Waals surface area contributed by atoms with Gasteiger partial charge in [0.25, 0.3) is 0 Å². The average Bonchev–Trinajstić information content (AvgIpc) is 3.86. The molecule has 1 N–H and O–H groups in total. The fraction of sp³-hybridized carbons (Fsp3) is 0.629. The second-order valence-corrected chi connectivity index (χ2v) is 13.3. The zero-order valence-electron chi connectivity index (χ0n) is 27.3. The summed E-state index contributed by atoms with van der Waals surface area (Å²) in [4.78, 5) is 30.1. The molecule has 0 radical (unpaired) electrons. The first kappa shape index (κ1) is 33.3. The molecule has 11 atom stereocenters. The third-order valence-electron chi connectivity index (χ3n) is 9.63. The van der Waals surface area contributed by atoms with E-state index in [1.807, 2.05) is 71.1 Å². The highest BCUT2D eigenvalue weighted by atomic mass is 16.6. The largest absolute Gasteiger partial charge is 0.462 e. The number of hydrogen-bond acceptors (Lipinski definition) is 10. The van der Waals surface area contributed by atoms with E-state index in [9.17, 15) is 14.7 Å². The van der Waals surface area contributed by atoms with Gasteiger partial charge >= 0.3 is 11.9 Å². The van der Waals surface area contributed by atoms with Gasteiger partial charge in [-0.1, -0.05) is 44.2 Å². The SMILES string of the molecule is COC(/C(C)=C/C=C/C(C)=C\c1coc(C)n1)C(C)C1CC(O)C2(C)OC2/C=C/C(C)C2CC(CC(=O)O2)CC2OC2C(=O)O1. The Morgan fingerprint density at radius 1 is 1.16 bits per heavy atom. The van der Waals surface area contributed by atoms with Gasteiger partial charge in [0.1, 0.15) is 35.9 Å². The first-order valence-electron chi connectivity index (χ1n) is 16.0. The summed E-state index contributed by atoms with van der Waals surface area (Å²) in [6, 6.07) is 0. The van der Waals surface area contributed by atoms with Crippen LogP contribution in [0.3, 0.4) is 0 Å². The van der Waals surface area contributed by atoms with E-state index in [1.54, 1.807) is 20.3 Å². The van der Waals surface area contributed by atoms with Crippen LogP contribution < -0.4 is 0 Å². The Balaban J connectivity index is 1.33. The Labute approximate surface area is 265 Å². The van der Waals surface area contributed by atoms with Crippen LogP contribution in [-0.4, -0.2) is 77.5 Å². The van der Waals surface area contributed by atoms with Gasteiger partial charge in [0.05, 0.1) is 18.3 Å². The number of carbonyl (C=O) groups is 2. The monoisotopic (exact) mass is 625 g/mol. The van der Waals surface area contributed by atoms with E-state index < -0.39 is 36.0 Å². The van der Waals surface area contributed by atoms with E-state index in [0.29, 0.717) is 25.2 Å². The number of carbonyl (C=O) groups excluding carboxylic acids is 2. The number of aryl methyl sites for hydroxylation is 1. The van der Waals surface area contributed by atoms with E-state index in [2.05, 4.69) is 4.98 Å². The lowest BCUT2D eigenvalue weighted by atomic mass is 9.84. The molecular weight excluding hydrogens is 578 g/mol. The second kappa shape index (κ2) is 13.7. The molecule has 0 saturated carbocycles. The lowest BCUT2D eigenvalue weighted by molar-refractivity contribution is -0.159. The molecule has 10 nitrogen and oxygen atoms in total. The topological polar surface area (TPSA) is 133 Å². The Morgan fingerprint density at radius 3 is 2.62 bits per heavy atom. The Kier molecular flexibility index (Phi) is 10.2. The predicted octanol–water partition coefficient (Wildman–Crippen LogP) is 5.05. The van der Waals surface area contributed by atoms with E-state index in [4.69, 9.17) is 28.1 Å². The number of fused-ring (bicyclic) bond motifs is 4. The van der Waals surface area contributed by atoms with Crippen molar-refractivity contribution < 1.29 is 42.8 Å². The fourth-order valence-corrected chi connectivity index (χ4v) is 6.64. The highest BCUT2D eigenvalue weighted by Gasteiger charge is 2.57. The second-order valence-electron chi connectivity index (χ2n) is 13.3. The predicted molar refractivity (Wildman–Crippen MR) is 166 cm³/mol. The molecule has 45 heavy (non-hydrogen) atoms. The van der Waals surface area contributed by atoms with Gasteiger partial charge in [-0.25, -0.2) is 9.78 Å². The number of methoxy groups -OCH3 is 1. The van der Waals surface area contributed by atoms with Crippen LogP contribution in [0.4, 0.5) is 0 Å². The van der Waals surface area contributed by atoms with Crippen molar-refractivity contribution in [2.45, 2.75) is 116 Å². The number of aromatic nitrogens is 1. The molecule has 2 bridgehead atoms. The van der Waals surface area contributed by atoms with Crippen molar-refractivity contribution in [2.24, 2.45) is 17.8 Å². The highest BCUT2D eigenvalue weighted by Crippen LogP contribution is 2.44. The molecule has 0 aromatic carbocycles. The minimum absolute atomic E-state index is 0.0130. The Morgan fingerprint density at radius 2 is 1.91 bits per heavy atom. The molecule has 246 valence electrons. The number of cyclic esters (lactones) is 1. The number of aliphatic hydroxyl groups excluding tert-OH is 1. The number of epoxide rings is 2. The van der Waals surface area contributed by atoms with Gasteiger partial charge in [0.15, 0.2) is 12.0 Å². The third kappa shape index (κ3) is 8.03. The summed E-state index contributed by atoms with van der Waals surface area (Å²) in [5.74, 6) is -0.316. The van der Waals surface area contributed by atoms with Crippen LogP contribution in [0, 0.1) is 24.7 Å². The van der Waals surface area contributed by atoms with Crippen LogP contribution in [0.15, 0.2) is 52.2 Å². The number of esters is 2. The van der Waals surface area contributed by atoms with E-state index in [-0.39, 0.29) is 48.5 Å². The van der Waals surface area contributed by atoms with Crippen molar-refractivity contribution in [3.8, 4) is 0 Å². The number of hydrogen-bond donors (Lipinski definition) is 1. The number of ether oxygens (including phenoxy) is 5. The summed E-state index contributed by atoms with van der Waals surface area (Å²) < 4.78 is 34.7. The Hall–Kier alpha value is -3.05. The summed E-state index contributed by atoms with van der Waals surface area (Å²) in [5.41, 5.74) is 1.86. The van der Waals surface area contributed by atoms with Crippen molar-refractivity contribution in [1.82, 2.24) is 4.98 Å². The van der Waals surface area contributed by atoms with Gasteiger partial charge < -0.3 is 33.2 Å². The summed E-state index contributed by atoms with van der Waals surface area (Å²) >= 11 is 0. The van der Waals surface area contributed by atoms with Crippen molar-refractivity contribution in [1.29, 1.82) is 0 Å². The molecule has 0 spiro atoms. The maximum Gasteiger partial charge on any atom is 0.338 e. The molecule has 3 saturated heterocycles. The van der Waals surface area contributed by atoms with Crippen LogP contribution in [0.2, 0.25) is 0 Å². The molecule has 0 aliphatic carbocycles. The average molecular weight is 626 g/mol. The van der Waals surface area contributed by atoms with Crippen LogP contribution in [0.25, 0.3) is 6.08 Å². The number of rotatable bonds is 7. The summed E-state index contributed by atoms with van der Waals surface area (Å²) in [5, 5.41) is 11.4. The van der Waals surface area contributed by atoms with E-state index in [1.165, 1.54) is 0 Å². The Bertz CT molecular complexity index is 1360. The molecule has 4 aliphatic heterocycles. The minimum atomic E-state index is -0.905. The zero-order chi connectivity index (χ0) is 32.5. The minimum Gasteiger partial charge on any atom is -0.462 e. The molecule has 11 unspecified atom stereocenters. The number of allylic oxidation sites excluding steroid dienone is 4. The lowest BCUT2D eigenvalue weighted by Crippen LogP contribution is -2.42. The molecule has 1 aromatic rings.